The molecule has 0 fully saturated rings. The molecule has 0 spiro atoms. The maximum atomic E-state index is 13.3. The zero-order valence-electron chi connectivity index (χ0n) is 25.4. The molecule has 13 nitrogen and oxygen atoms in total. The highest BCUT2D eigenvalue weighted by molar-refractivity contribution is 7.90. The molecule has 1 heterocycles. The summed E-state index contributed by atoms with van der Waals surface area (Å²) in [6.45, 7) is 4.72. The number of Topliss-reactive ketones (excluding diaryl/α,β-unsaturated/α-hetero) is 1. The van der Waals surface area contributed by atoms with Crippen LogP contribution in [-0.2, 0) is 33.8 Å². The van der Waals surface area contributed by atoms with E-state index in [1.54, 1.807) is 36.4 Å². The number of ketones is 1. The second-order valence-corrected chi connectivity index (χ2v) is 12.7. The minimum Gasteiger partial charge on any atom is -0.457 e. The van der Waals surface area contributed by atoms with Crippen molar-refractivity contribution < 1.29 is 37.4 Å². The van der Waals surface area contributed by atoms with Crippen LogP contribution in [0.5, 0.6) is 0 Å². The van der Waals surface area contributed by atoms with Crippen LogP contribution in [0.4, 0.5) is 0 Å². The summed E-state index contributed by atoms with van der Waals surface area (Å²) in [5.74, 6) is -1.52. The molecule has 0 radical (unpaired) electrons. The number of aliphatic hydroxyl groups is 1. The van der Waals surface area contributed by atoms with Gasteiger partial charge in [-0.3, -0.25) is 14.4 Å². The van der Waals surface area contributed by atoms with Gasteiger partial charge in [0.1, 0.15) is 6.61 Å². The number of benzene rings is 2. The molecule has 0 saturated carbocycles. The Morgan fingerprint density at radius 3 is 2.20 bits per heavy atom. The van der Waals surface area contributed by atoms with Crippen LogP contribution in [-0.4, -0.2) is 102 Å². The molecule has 0 aliphatic carbocycles. The van der Waals surface area contributed by atoms with Gasteiger partial charge in [-0.1, -0.05) is 43.0 Å². The van der Waals surface area contributed by atoms with Gasteiger partial charge in [0.25, 0.3) is 0 Å². The summed E-state index contributed by atoms with van der Waals surface area (Å²) in [5, 5.41) is 23.2. The number of amides is 2. The number of carbonyl (C=O) groups excluding carboxylic acids is 4. The molecule has 46 heavy (non-hydrogen) atoms. The number of thiol groups is 1. The Balaban J connectivity index is 1.72. The van der Waals surface area contributed by atoms with E-state index in [0.29, 0.717) is 53.2 Å². The molecule has 1 atom stereocenters. The molecule has 0 aromatic heterocycles. The van der Waals surface area contributed by atoms with Crippen molar-refractivity contribution in [2.75, 3.05) is 64.5 Å². The predicted octanol–water partition coefficient (Wildman–Crippen LogP) is -0.395. The van der Waals surface area contributed by atoms with Crippen molar-refractivity contribution in [3.8, 4) is 0 Å². The van der Waals surface area contributed by atoms with E-state index in [1.807, 2.05) is 0 Å². The standard InChI is InChI=1S/C31H39N5O8S2/c1-20(15-35-28(40)19-45)34-17-27(39)36-16-26(38)30(33-12-11-32-13-14-37)23-5-3-22(4-6-23)29-25(18-44-31(29)41)21-7-9-24(10-8-21)46(2,42)43/h3-10,30,32-34,37,45H,1,11-19H2,2H3,(H,35,40)(H,36,39). The highest BCUT2D eigenvalue weighted by Crippen LogP contribution is 2.34. The molecular weight excluding hydrogens is 635 g/mol. The van der Waals surface area contributed by atoms with Crippen molar-refractivity contribution >= 4 is 57.2 Å². The van der Waals surface area contributed by atoms with Gasteiger partial charge in [0.2, 0.25) is 11.8 Å². The van der Waals surface area contributed by atoms with Gasteiger partial charge in [-0.15, -0.1) is 0 Å². The van der Waals surface area contributed by atoms with Crippen LogP contribution in [0.2, 0.25) is 0 Å². The number of hydrogen-bond acceptors (Lipinski definition) is 12. The van der Waals surface area contributed by atoms with Crippen LogP contribution >= 0.6 is 12.6 Å². The number of esters is 1. The molecule has 1 aliphatic heterocycles. The Bertz CT molecular complexity index is 1560. The van der Waals surface area contributed by atoms with Crippen LogP contribution < -0.4 is 26.6 Å². The van der Waals surface area contributed by atoms with Gasteiger partial charge >= 0.3 is 5.97 Å². The van der Waals surface area contributed by atoms with Crippen molar-refractivity contribution in [3.63, 3.8) is 0 Å². The van der Waals surface area contributed by atoms with Gasteiger partial charge in [-0.2, -0.15) is 12.6 Å². The second-order valence-electron chi connectivity index (χ2n) is 10.3. The number of aliphatic hydroxyl groups excluding tert-OH is 1. The van der Waals surface area contributed by atoms with Crippen molar-refractivity contribution in [1.29, 1.82) is 0 Å². The quantitative estimate of drug-likeness (QED) is 0.0584. The van der Waals surface area contributed by atoms with Gasteiger partial charge in [0, 0.05) is 37.2 Å². The van der Waals surface area contributed by atoms with E-state index in [2.05, 4.69) is 45.8 Å². The van der Waals surface area contributed by atoms with E-state index in [9.17, 15) is 27.6 Å². The molecule has 2 amide bonds. The average Bonchev–Trinajstić information content (AvgIpc) is 3.43. The number of carbonyl (C=O) groups is 4. The fourth-order valence-corrected chi connectivity index (χ4v) is 5.22. The fourth-order valence-electron chi connectivity index (χ4n) is 4.48. The first-order chi connectivity index (χ1) is 21.9. The van der Waals surface area contributed by atoms with E-state index in [0.717, 1.165) is 6.26 Å². The third-order valence-corrected chi connectivity index (χ3v) is 8.29. The first-order valence-corrected chi connectivity index (χ1v) is 16.9. The monoisotopic (exact) mass is 673 g/mol. The summed E-state index contributed by atoms with van der Waals surface area (Å²) >= 11 is 3.87. The summed E-state index contributed by atoms with van der Waals surface area (Å²) < 4.78 is 29.0. The third-order valence-electron chi connectivity index (χ3n) is 6.88. The van der Waals surface area contributed by atoms with Crippen molar-refractivity contribution in [2.45, 2.75) is 10.9 Å². The van der Waals surface area contributed by atoms with Crippen LogP contribution in [0.15, 0.2) is 65.7 Å². The Hall–Kier alpha value is -4.02. The molecule has 248 valence electrons. The Morgan fingerprint density at radius 2 is 1.57 bits per heavy atom. The summed E-state index contributed by atoms with van der Waals surface area (Å²) in [6, 6.07) is 12.3. The highest BCUT2D eigenvalue weighted by atomic mass is 32.2. The lowest BCUT2D eigenvalue weighted by Gasteiger charge is -2.19. The van der Waals surface area contributed by atoms with Gasteiger partial charge < -0.3 is 36.4 Å². The van der Waals surface area contributed by atoms with Crippen molar-refractivity contribution in [2.24, 2.45) is 0 Å². The van der Waals surface area contributed by atoms with Crippen LogP contribution in [0.3, 0.4) is 0 Å². The molecule has 1 unspecified atom stereocenters. The molecule has 2 aromatic rings. The second kappa shape index (κ2) is 17.6. The first-order valence-electron chi connectivity index (χ1n) is 14.4. The molecule has 0 saturated heterocycles. The van der Waals surface area contributed by atoms with Crippen LogP contribution in [0, 0.1) is 0 Å². The molecule has 6 N–H and O–H groups in total. The maximum Gasteiger partial charge on any atom is 0.339 e. The largest absolute Gasteiger partial charge is 0.457 e. The van der Waals surface area contributed by atoms with E-state index in [4.69, 9.17) is 9.84 Å². The van der Waals surface area contributed by atoms with Crippen molar-refractivity contribution in [1.82, 2.24) is 26.6 Å². The number of rotatable bonds is 19. The van der Waals surface area contributed by atoms with Gasteiger partial charge in [-0.25, -0.2) is 13.2 Å². The van der Waals surface area contributed by atoms with Crippen LogP contribution in [0.1, 0.15) is 22.7 Å². The Kier molecular flexibility index (Phi) is 14.0. The lowest BCUT2D eigenvalue weighted by Crippen LogP contribution is -2.42. The third kappa shape index (κ3) is 10.8. The number of sulfone groups is 1. The van der Waals surface area contributed by atoms with E-state index in [1.165, 1.54) is 12.1 Å². The number of ether oxygens (including phenoxy) is 1. The average molecular weight is 674 g/mol. The topological polar surface area (TPSA) is 192 Å². The molecular formula is C31H39N5O8S2. The molecule has 3 rings (SSSR count). The zero-order chi connectivity index (χ0) is 33.7. The first kappa shape index (κ1) is 36.4. The highest BCUT2D eigenvalue weighted by Gasteiger charge is 2.28. The minimum atomic E-state index is -3.38. The van der Waals surface area contributed by atoms with Crippen LogP contribution in [0.25, 0.3) is 11.1 Å². The Morgan fingerprint density at radius 1 is 0.913 bits per heavy atom. The number of nitrogens with one attached hydrogen (secondary N) is 5. The molecule has 0 bridgehead atoms. The zero-order valence-corrected chi connectivity index (χ0v) is 27.1. The lowest BCUT2D eigenvalue weighted by molar-refractivity contribution is -0.134. The summed E-state index contributed by atoms with van der Waals surface area (Å²) in [6.07, 6.45) is 1.12. The van der Waals surface area contributed by atoms with Gasteiger partial charge in [0.05, 0.1) is 48.5 Å². The molecule has 1 aliphatic rings. The summed E-state index contributed by atoms with van der Waals surface area (Å²) in [5.41, 5.74) is 3.19. The van der Waals surface area contributed by atoms with Gasteiger partial charge in [0.15, 0.2) is 15.6 Å². The lowest BCUT2D eigenvalue weighted by atomic mass is 9.94. The van der Waals surface area contributed by atoms with E-state index < -0.39 is 27.8 Å². The number of cyclic esters (lactones) is 1. The minimum absolute atomic E-state index is 0.0278. The van der Waals surface area contributed by atoms with E-state index in [-0.39, 0.29) is 55.2 Å². The molecule has 2 aromatic carbocycles. The SMILES string of the molecule is C=C(CNC(=O)CS)NCC(=O)NCC(=O)C(NCCNCCO)c1ccc(C2=C(c3ccc(S(C)(=O)=O)cc3)COC2=O)cc1. The summed E-state index contributed by atoms with van der Waals surface area (Å²) in [4.78, 5) is 49.9. The maximum absolute atomic E-state index is 13.3. The van der Waals surface area contributed by atoms with E-state index >= 15 is 0 Å². The summed E-state index contributed by atoms with van der Waals surface area (Å²) in [7, 11) is -3.38. The molecule has 15 heteroatoms. The Labute approximate surface area is 273 Å². The fraction of sp³-hybridized carbons (Fsp3) is 0.355. The number of hydrogen-bond donors (Lipinski definition) is 7. The van der Waals surface area contributed by atoms with Gasteiger partial charge in [-0.05, 0) is 28.8 Å². The predicted molar refractivity (Wildman–Crippen MR) is 176 cm³/mol. The van der Waals surface area contributed by atoms with Crippen molar-refractivity contribution in [3.05, 3.63) is 77.5 Å². The smallest absolute Gasteiger partial charge is 0.339 e. The normalized spacial score (nSPS) is 13.6.